The molecule has 7 heteroatoms. The zero-order valence-electron chi connectivity index (χ0n) is 18.4. The van der Waals surface area contributed by atoms with E-state index in [0.717, 1.165) is 34.8 Å². The van der Waals surface area contributed by atoms with Crippen molar-refractivity contribution in [2.75, 3.05) is 0 Å². The van der Waals surface area contributed by atoms with Crippen LogP contribution in [0.4, 0.5) is 0 Å². The molecule has 1 saturated carbocycles. The lowest BCUT2D eigenvalue weighted by Crippen LogP contribution is -2.65. The van der Waals surface area contributed by atoms with Crippen LogP contribution in [0.5, 0.6) is 0 Å². The van der Waals surface area contributed by atoms with E-state index in [4.69, 9.17) is 4.42 Å². The van der Waals surface area contributed by atoms with Gasteiger partial charge in [0.15, 0.2) is 5.58 Å². The Morgan fingerprint density at radius 2 is 2.03 bits per heavy atom. The first-order chi connectivity index (χ1) is 15.4. The normalized spacial score (nSPS) is 25.7. The molecule has 32 heavy (non-hydrogen) atoms. The van der Waals surface area contributed by atoms with E-state index >= 15 is 0 Å². The van der Waals surface area contributed by atoms with Gasteiger partial charge in [-0.2, -0.15) is 0 Å². The second-order valence-corrected chi connectivity index (χ2v) is 10.2. The van der Waals surface area contributed by atoms with Gasteiger partial charge in [-0.3, -0.25) is 9.59 Å². The summed E-state index contributed by atoms with van der Waals surface area (Å²) in [7, 11) is 0. The van der Waals surface area contributed by atoms with Gasteiger partial charge in [0, 0.05) is 29.2 Å². The Bertz CT molecular complexity index is 1180. The van der Waals surface area contributed by atoms with Crippen molar-refractivity contribution in [2.24, 2.45) is 5.92 Å². The number of nitrogens with zero attached hydrogens (tertiary/aromatic N) is 2. The quantitative estimate of drug-likeness (QED) is 0.544. The van der Waals surface area contributed by atoms with Crippen molar-refractivity contribution in [3.8, 4) is 0 Å². The van der Waals surface area contributed by atoms with Gasteiger partial charge in [-0.15, -0.1) is 0 Å². The highest BCUT2D eigenvalue weighted by Crippen LogP contribution is 2.35. The molecule has 1 fully saturated rings. The van der Waals surface area contributed by atoms with Crippen molar-refractivity contribution < 1.29 is 14.0 Å². The maximum atomic E-state index is 13.8. The number of rotatable bonds is 4. The standard InChI is InChI=1S/C25H28BrN3O3/c1-16-7-3-6-10-19(16)27-24(31)25(2)15-28-20-11-12-32-22(20)13-21(28)23(30)29(25)14-17-8-4-5-9-18(17)26/h4-5,8-9,11-13,16,19H,3,6-7,10,14-15H2,1-2H3,(H,27,31)/t16-,19-,25+/m1/s1. The zero-order valence-corrected chi connectivity index (χ0v) is 20.0. The van der Waals surface area contributed by atoms with Crippen LogP contribution in [0.2, 0.25) is 0 Å². The van der Waals surface area contributed by atoms with Gasteiger partial charge in [0.25, 0.3) is 5.91 Å². The molecule has 0 spiro atoms. The Labute approximate surface area is 196 Å². The third-order valence-corrected chi connectivity index (χ3v) is 8.03. The number of halogens is 1. The predicted molar refractivity (Wildman–Crippen MR) is 126 cm³/mol. The van der Waals surface area contributed by atoms with Crippen LogP contribution >= 0.6 is 15.9 Å². The first-order valence-electron chi connectivity index (χ1n) is 11.3. The minimum atomic E-state index is -1.03. The monoisotopic (exact) mass is 497 g/mol. The lowest BCUT2D eigenvalue weighted by molar-refractivity contribution is -0.134. The molecule has 1 aliphatic heterocycles. The van der Waals surface area contributed by atoms with Crippen LogP contribution in [0, 0.1) is 5.92 Å². The number of furan rings is 1. The summed E-state index contributed by atoms with van der Waals surface area (Å²) >= 11 is 3.60. The smallest absolute Gasteiger partial charge is 0.271 e. The second kappa shape index (κ2) is 8.10. The number of hydrogen-bond donors (Lipinski definition) is 1. The summed E-state index contributed by atoms with van der Waals surface area (Å²) in [5.74, 6) is 0.190. The molecule has 1 N–H and O–H groups in total. The van der Waals surface area contributed by atoms with Gasteiger partial charge in [0.05, 0.1) is 18.3 Å². The van der Waals surface area contributed by atoms with E-state index in [2.05, 4.69) is 28.2 Å². The zero-order chi connectivity index (χ0) is 22.5. The van der Waals surface area contributed by atoms with Gasteiger partial charge < -0.3 is 19.2 Å². The van der Waals surface area contributed by atoms with E-state index in [-0.39, 0.29) is 17.9 Å². The summed E-state index contributed by atoms with van der Waals surface area (Å²) in [5, 5.41) is 3.31. The summed E-state index contributed by atoms with van der Waals surface area (Å²) in [6.45, 7) is 4.82. The number of fused-ring (bicyclic) bond motifs is 3. The number of amides is 2. The fourth-order valence-corrected chi connectivity index (χ4v) is 5.58. The molecule has 3 atom stereocenters. The fourth-order valence-electron chi connectivity index (χ4n) is 5.17. The first-order valence-corrected chi connectivity index (χ1v) is 12.1. The number of carbonyl (C=O) groups excluding carboxylic acids is 2. The highest BCUT2D eigenvalue weighted by atomic mass is 79.9. The Balaban J connectivity index is 1.54. The van der Waals surface area contributed by atoms with Gasteiger partial charge in [-0.25, -0.2) is 0 Å². The van der Waals surface area contributed by atoms with Crippen molar-refractivity contribution in [1.29, 1.82) is 0 Å². The van der Waals surface area contributed by atoms with Crippen molar-refractivity contribution >= 4 is 38.8 Å². The molecule has 5 rings (SSSR count). The van der Waals surface area contributed by atoms with Crippen LogP contribution in [0.25, 0.3) is 11.1 Å². The molecule has 0 unspecified atom stereocenters. The molecule has 168 valence electrons. The molecule has 3 aromatic rings. The molecule has 1 aromatic carbocycles. The minimum absolute atomic E-state index is 0.0901. The summed E-state index contributed by atoms with van der Waals surface area (Å²) in [5.41, 5.74) is 2.01. The largest absolute Gasteiger partial charge is 0.463 e. The van der Waals surface area contributed by atoms with Crippen LogP contribution in [0.1, 0.15) is 55.6 Å². The molecule has 3 heterocycles. The van der Waals surface area contributed by atoms with Crippen LogP contribution < -0.4 is 5.32 Å². The molecule has 2 aliphatic rings. The van der Waals surface area contributed by atoms with Crippen LogP contribution in [0.15, 0.2) is 51.6 Å². The first kappa shape index (κ1) is 21.3. The average Bonchev–Trinajstić information content (AvgIpc) is 3.36. The molecule has 2 aromatic heterocycles. The van der Waals surface area contributed by atoms with Crippen molar-refractivity contribution in [1.82, 2.24) is 14.8 Å². The predicted octanol–water partition coefficient (Wildman–Crippen LogP) is 5.11. The molecule has 0 radical (unpaired) electrons. The highest BCUT2D eigenvalue weighted by Gasteiger charge is 2.48. The molecular formula is C25H28BrN3O3. The van der Waals surface area contributed by atoms with Crippen LogP contribution in [-0.4, -0.2) is 32.9 Å². The Kier molecular flexibility index (Phi) is 5.40. The topological polar surface area (TPSA) is 67.5 Å². The fraction of sp³-hybridized carbons (Fsp3) is 0.440. The Hall–Kier alpha value is -2.54. The second-order valence-electron chi connectivity index (χ2n) is 9.38. The third kappa shape index (κ3) is 3.47. The van der Waals surface area contributed by atoms with E-state index < -0.39 is 5.54 Å². The number of hydrogen-bond acceptors (Lipinski definition) is 3. The van der Waals surface area contributed by atoms with Crippen molar-refractivity contribution in [2.45, 2.75) is 64.2 Å². The molecule has 6 nitrogen and oxygen atoms in total. The highest BCUT2D eigenvalue weighted by molar-refractivity contribution is 9.10. The van der Waals surface area contributed by atoms with Gasteiger partial charge in [-0.1, -0.05) is 53.9 Å². The Morgan fingerprint density at radius 1 is 1.25 bits per heavy atom. The van der Waals surface area contributed by atoms with E-state index in [1.54, 1.807) is 17.2 Å². The molecule has 1 aliphatic carbocycles. The van der Waals surface area contributed by atoms with Crippen LogP contribution in [0.3, 0.4) is 0 Å². The van der Waals surface area contributed by atoms with E-state index in [1.165, 1.54) is 6.42 Å². The molecule has 0 saturated heterocycles. The average molecular weight is 498 g/mol. The van der Waals surface area contributed by atoms with Gasteiger partial charge in [-0.05, 0) is 37.3 Å². The number of benzene rings is 1. The van der Waals surface area contributed by atoms with Gasteiger partial charge in [0.1, 0.15) is 11.2 Å². The molecular weight excluding hydrogens is 470 g/mol. The van der Waals surface area contributed by atoms with Crippen LogP contribution in [-0.2, 0) is 17.9 Å². The maximum Gasteiger partial charge on any atom is 0.271 e. The lowest BCUT2D eigenvalue weighted by atomic mass is 9.85. The SMILES string of the molecule is C[C@@H]1CCCC[C@H]1NC(=O)[C@]1(C)Cn2c(cc3occc32)C(=O)N1Cc1ccccc1Br. The maximum absolute atomic E-state index is 13.8. The van der Waals surface area contributed by atoms with E-state index in [0.29, 0.717) is 30.3 Å². The summed E-state index contributed by atoms with van der Waals surface area (Å²) in [4.78, 5) is 29.3. The molecule has 2 amide bonds. The number of aromatic nitrogens is 1. The van der Waals surface area contributed by atoms with E-state index in [9.17, 15) is 9.59 Å². The Morgan fingerprint density at radius 3 is 2.81 bits per heavy atom. The minimum Gasteiger partial charge on any atom is -0.463 e. The van der Waals surface area contributed by atoms with Gasteiger partial charge >= 0.3 is 0 Å². The summed E-state index contributed by atoms with van der Waals surface area (Å²) in [6, 6.07) is 11.6. The number of nitrogens with one attached hydrogen (secondary N) is 1. The summed E-state index contributed by atoms with van der Waals surface area (Å²) in [6.07, 6.45) is 6.07. The summed E-state index contributed by atoms with van der Waals surface area (Å²) < 4.78 is 8.41. The third-order valence-electron chi connectivity index (χ3n) is 7.25. The van der Waals surface area contributed by atoms with E-state index in [1.807, 2.05) is 41.8 Å². The molecule has 0 bridgehead atoms. The number of carbonyl (C=O) groups is 2. The van der Waals surface area contributed by atoms with Crippen molar-refractivity contribution in [3.63, 3.8) is 0 Å². The lowest BCUT2D eigenvalue weighted by Gasteiger charge is -2.45. The van der Waals surface area contributed by atoms with Crippen molar-refractivity contribution in [3.05, 3.63) is 58.4 Å². The van der Waals surface area contributed by atoms with Gasteiger partial charge in [0.2, 0.25) is 5.91 Å².